The average Bonchev–Trinajstić information content (AvgIpc) is 2.91. The van der Waals surface area contributed by atoms with Crippen LogP contribution in [0, 0.1) is 0 Å². The highest BCUT2D eigenvalue weighted by molar-refractivity contribution is 6.10. The number of hydrogen-bond acceptors (Lipinski definition) is 5. The van der Waals surface area contributed by atoms with Gasteiger partial charge < -0.3 is 15.4 Å². The van der Waals surface area contributed by atoms with E-state index in [1.165, 1.54) is 5.56 Å². The van der Waals surface area contributed by atoms with Gasteiger partial charge in [-0.15, -0.1) is 0 Å². The van der Waals surface area contributed by atoms with Gasteiger partial charge in [-0.05, 0) is 42.0 Å². The number of hydrogen-bond donors (Lipinski definition) is 2. The van der Waals surface area contributed by atoms with E-state index in [9.17, 15) is 9.59 Å². The number of benzene rings is 3. The summed E-state index contributed by atoms with van der Waals surface area (Å²) in [5.41, 5.74) is 2.76. The number of nitrogens with zero attached hydrogens (tertiary/aromatic N) is 2. The zero-order valence-corrected chi connectivity index (χ0v) is 20.5. The van der Waals surface area contributed by atoms with E-state index in [1.807, 2.05) is 24.3 Å². The van der Waals surface area contributed by atoms with Crippen molar-refractivity contribution in [2.75, 3.05) is 57.0 Å². The van der Waals surface area contributed by atoms with Gasteiger partial charge in [-0.25, -0.2) is 0 Å². The van der Waals surface area contributed by atoms with E-state index in [-0.39, 0.29) is 11.8 Å². The lowest BCUT2D eigenvalue weighted by atomic mass is 10.1. The van der Waals surface area contributed by atoms with Crippen LogP contribution in [0.5, 0.6) is 5.75 Å². The number of amides is 2. The molecule has 3 aromatic rings. The van der Waals surface area contributed by atoms with Crippen LogP contribution in [0.3, 0.4) is 0 Å². The van der Waals surface area contributed by atoms with Crippen LogP contribution < -0.4 is 15.4 Å². The molecule has 186 valence electrons. The lowest BCUT2D eigenvalue weighted by Gasteiger charge is -2.33. The van der Waals surface area contributed by atoms with Crippen molar-refractivity contribution in [3.63, 3.8) is 0 Å². The number of anilines is 2. The molecule has 7 heteroatoms. The Morgan fingerprint density at radius 3 is 2.22 bits per heavy atom. The quantitative estimate of drug-likeness (QED) is 0.476. The molecule has 0 spiro atoms. The minimum atomic E-state index is -0.284. The van der Waals surface area contributed by atoms with Gasteiger partial charge in [0.25, 0.3) is 5.91 Å². The highest BCUT2D eigenvalue weighted by atomic mass is 16.5. The first kappa shape index (κ1) is 25.2. The summed E-state index contributed by atoms with van der Waals surface area (Å²) in [6, 6.07) is 24.4. The van der Waals surface area contributed by atoms with Crippen LogP contribution in [0.4, 0.5) is 11.4 Å². The summed E-state index contributed by atoms with van der Waals surface area (Å²) in [5.74, 6) is 0.301. The molecule has 0 bridgehead atoms. The first-order valence-electron chi connectivity index (χ1n) is 12.1. The van der Waals surface area contributed by atoms with E-state index < -0.39 is 0 Å². The van der Waals surface area contributed by atoms with Crippen LogP contribution in [0.15, 0.2) is 84.9 Å². The topological polar surface area (TPSA) is 73.9 Å². The third-order valence-corrected chi connectivity index (χ3v) is 6.10. The van der Waals surface area contributed by atoms with Gasteiger partial charge in [-0.1, -0.05) is 54.6 Å². The molecule has 0 saturated carbocycles. The summed E-state index contributed by atoms with van der Waals surface area (Å²) in [6.07, 6.45) is 4.33. The van der Waals surface area contributed by atoms with Gasteiger partial charge in [-0.3, -0.25) is 19.4 Å². The molecule has 2 N–H and O–H groups in total. The molecule has 0 atom stereocenters. The maximum atomic E-state index is 12.9. The SMILES string of the molecule is COc1ccc(NC(=O)c2ccccc2NC(=O)CN2CCN(C/C=C/c3ccccc3)CC2)cc1. The number of methoxy groups -OCH3 is 1. The third kappa shape index (κ3) is 7.28. The van der Waals surface area contributed by atoms with Crippen LogP contribution in [-0.4, -0.2) is 68.0 Å². The highest BCUT2D eigenvalue weighted by Gasteiger charge is 2.19. The van der Waals surface area contributed by atoms with Crippen molar-refractivity contribution in [2.45, 2.75) is 0 Å². The van der Waals surface area contributed by atoms with Crippen molar-refractivity contribution in [1.82, 2.24) is 9.80 Å². The second kappa shape index (κ2) is 12.7. The predicted octanol–water partition coefficient (Wildman–Crippen LogP) is 4.22. The van der Waals surface area contributed by atoms with E-state index in [0.29, 0.717) is 29.2 Å². The van der Waals surface area contributed by atoms with Crippen LogP contribution in [0.2, 0.25) is 0 Å². The van der Waals surface area contributed by atoms with E-state index >= 15 is 0 Å². The number of carbonyl (C=O) groups is 2. The molecule has 0 radical (unpaired) electrons. The van der Waals surface area contributed by atoms with Crippen molar-refractivity contribution in [3.05, 3.63) is 96.1 Å². The molecular weight excluding hydrogens is 452 g/mol. The Kier molecular flexibility index (Phi) is 8.86. The lowest BCUT2D eigenvalue weighted by molar-refractivity contribution is -0.117. The molecule has 4 rings (SSSR count). The van der Waals surface area contributed by atoms with E-state index in [4.69, 9.17) is 4.74 Å². The number of carbonyl (C=O) groups excluding carboxylic acids is 2. The predicted molar refractivity (Wildman–Crippen MR) is 144 cm³/mol. The van der Waals surface area contributed by atoms with Crippen LogP contribution >= 0.6 is 0 Å². The molecule has 1 aliphatic heterocycles. The molecule has 7 nitrogen and oxygen atoms in total. The minimum Gasteiger partial charge on any atom is -0.497 e. The van der Waals surface area contributed by atoms with Crippen molar-refractivity contribution >= 4 is 29.3 Å². The Bertz CT molecular complexity index is 1170. The van der Waals surface area contributed by atoms with E-state index in [0.717, 1.165) is 32.7 Å². The summed E-state index contributed by atoms with van der Waals surface area (Å²) in [4.78, 5) is 30.2. The smallest absolute Gasteiger partial charge is 0.257 e. The van der Waals surface area contributed by atoms with Gasteiger partial charge in [0, 0.05) is 38.4 Å². The maximum Gasteiger partial charge on any atom is 0.257 e. The molecule has 0 unspecified atom stereocenters. The van der Waals surface area contributed by atoms with Crippen molar-refractivity contribution in [1.29, 1.82) is 0 Å². The van der Waals surface area contributed by atoms with Gasteiger partial charge in [-0.2, -0.15) is 0 Å². The Morgan fingerprint density at radius 2 is 1.50 bits per heavy atom. The van der Waals surface area contributed by atoms with Gasteiger partial charge in [0.05, 0.1) is 24.9 Å². The Labute approximate surface area is 212 Å². The van der Waals surface area contributed by atoms with Gasteiger partial charge in [0.2, 0.25) is 5.91 Å². The number of rotatable bonds is 9. The molecule has 0 aromatic heterocycles. The van der Waals surface area contributed by atoms with Crippen LogP contribution in [0.1, 0.15) is 15.9 Å². The zero-order valence-electron chi connectivity index (χ0n) is 20.5. The second-order valence-corrected chi connectivity index (χ2v) is 8.67. The number of para-hydroxylation sites is 1. The fourth-order valence-corrected chi connectivity index (χ4v) is 4.09. The zero-order chi connectivity index (χ0) is 25.2. The molecule has 0 aliphatic carbocycles. The molecule has 3 aromatic carbocycles. The first-order chi connectivity index (χ1) is 17.6. The van der Waals surface area contributed by atoms with Gasteiger partial charge in [0.15, 0.2) is 0 Å². The maximum absolute atomic E-state index is 12.9. The van der Waals surface area contributed by atoms with Crippen LogP contribution in [0.25, 0.3) is 6.08 Å². The second-order valence-electron chi connectivity index (χ2n) is 8.67. The summed E-state index contributed by atoms with van der Waals surface area (Å²) in [7, 11) is 1.59. The minimum absolute atomic E-state index is 0.128. The summed E-state index contributed by atoms with van der Waals surface area (Å²) in [5, 5.41) is 5.79. The summed E-state index contributed by atoms with van der Waals surface area (Å²) >= 11 is 0. The highest BCUT2D eigenvalue weighted by Crippen LogP contribution is 2.19. The van der Waals surface area contributed by atoms with Crippen molar-refractivity contribution in [3.8, 4) is 5.75 Å². The normalized spacial score (nSPS) is 14.5. The summed E-state index contributed by atoms with van der Waals surface area (Å²) < 4.78 is 5.15. The number of piperazine rings is 1. The summed E-state index contributed by atoms with van der Waals surface area (Å²) in [6.45, 7) is 4.66. The third-order valence-electron chi connectivity index (χ3n) is 6.10. The Balaban J connectivity index is 1.25. The van der Waals surface area contributed by atoms with E-state index in [1.54, 1.807) is 49.6 Å². The average molecular weight is 485 g/mol. The van der Waals surface area contributed by atoms with E-state index in [2.05, 4.69) is 44.7 Å². The molecule has 36 heavy (non-hydrogen) atoms. The molecular formula is C29H32N4O3. The van der Waals surface area contributed by atoms with Crippen molar-refractivity contribution in [2.24, 2.45) is 0 Å². The molecule has 1 aliphatic rings. The van der Waals surface area contributed by atoms with Gasteiger partial charge >= 0.3 is 0 Å². The number of nitrogens with one attached hydrogen (secondary N) is 2. The lowest BCUT2D eigenvalue weighted by Crippen LogP contribution is -2.48. The molecule has 1 heterocycles. The molecule has 1 saturated heterocycles. The monoisotopic (exact) mass is 484 g/mol. The Hall–Kier alpha value is -3.94. The molecule has 2 amide bonds. The fraction of sp³-hybridized carbons (Fsp3) is 0.241. The first-order valence-corrected chi connectivity index (χ1v) is 12.1. The fourth-order valence-electron chi connectivity index (χ4n) is 4.09. The molecule has 1 fully saturated rings. The van der Waals surface area contributed by atoms with Gasteiger partial charge in [0.1, 0.15) is 5.75 Å². The standard InChI is InChI=1S/C29H32N4O3/c1-36-25-15-13-24(14-16-25)30-29(35)26-11-5-6-12-27(26)31-28(34)22-33-20-18-32(19-21-33)17-7-10-23-8-3-2-4-9-23/h2-16H,17-22H2,1H3,(H,30,35)(H,31,34)/b10-7+. The number of ether oxygens (including phenoxy) is 1. The Morgan fingerprint density at radius 1 is 0.833 bits per heavy atom. The van der Waals surface area contributed by atoms with Crippen LogP contribution in [-0.2, 0) is 4.79 Å². The largest absolute Gasteiger partial charge is 0.497 e. The van der Waals surface area contributed by atoms with Crippen molar-refractivity contribution < 1.29 is 14.3 Å².